The van der Waals surface area contributed by atoms with Crippen molar-refractivity contribution in [3.05, 3.63) is 53.2 Å². The molecule has 6 nitrogen and oxygen atoms in total. The zero-order valence-corrected chi connectivity index (χ0v) is 16.4. The predicted octanol–water partition coefficient (Wildman–Crippen LogP) is 3.26. The molecule has 0 fully saturated rings. The van der Waals surface area contributed by atoms with Gasteiger partial charge in [-0.3, -0.25) is 9.59 Å². The third-order valence-electron chi connectivity index (χ3n) is 3.72. The number of amides is 1. The Kier molecular flexibility index (Phi) is 7.38. The molecule has 1 amide bonds. The molecule has 0 bridgehead atoms. The zero-order chi connectivity index (χ0) is 19.8. The van der Waals surface area contributed by atoms with E-state index in [0.717, 1.165) is 11.3 Å². The van der Waals surface area contributed by atoms with E-state index >= 15 is 0 Å². The Morgan fingerprint density at radius 1 is 1.26 bits per heavy atom. The highest BCUT2D eigenvalue weighted by molar-refractivity contribution is 8.00. The summed E-state index contributed by atoms with van der Waals surface area (Å²) < 4.78 is 4.98. The highest BCUT2D eigenvalue weighted by Crippen LogP contribution is 2.25. The largest absolute Gasteiger partial charge is 0.465 e. The number of ether oxygens (including phenoxy) is 1. The van der Waals surface area contributed by atoms with E-state index < -0.39 is 5.97 Å². The number of carbonyl (C=O) groups is 2. The standard InChI is InChI=1S/C20H21N3O3S/c1-4-26-19(25)12-23(16-8-6-5-7-9-16)18(24)13-27-20-17(11-21)14(2)10-15(3)22-20/h5-10H,4,12-13H2,1-3H3. The van der Waals surface area contributed by atoms with Crippen molar-refractivity contribution in [1.82, 2.24) is 4.98 Å². The lowest BCUT2D eigenvalue weighted by Gasteiger charge is -2.21. The van der Waals surface area contributed by atoms with Crippen LogP contribution in [0.1, 0.15) is 23.7 Å². The number of benzene rings is 1. The Bertz CT molecular complexity index is 863. The smallest absolute Gasteiger partial charge is 0.326 e. The number of anilines is 1. The van der Waals surface area contributed by atoms with Crippen LogP contribution in [0.5, 0.6) is 0 Å². The summed E-state index contributed by atoms with van der Waals surface area (Å²) in [4.78, 5) is 30.5. The van der Waals surface area contributed by atoms with Gasteiger partial charge in [-0.05, 0) is 44.5 Å². The summed E-state index contributed by atoms with van der Waals surface area (Å²) in [6.07, 6.45) is 0. The first-order valence-electron chi connectivity index (χ1n) is 8.48. The SMILES string of the molecule is CCOC(=O)CN(C(=O)CSc1nc(C)cc(C)c1C#N)c1ccccc1. The van der Waals surface area contributed by atoms with Crippen LogP contribution in [0, 0.1) is 25.2 Å². The van der Waals surface area contributed by atoms with Gasteiger partial charge in [0.25, 0.3) is 0 Å². The molecule has 0 saturated heterocycles. The minimum absolute atomic E-state index is 0.0544. The van der Waals surface area contributed by atoms with Gasteiger partial charge in [0.2, 0.25) is 5.91 Å². The Hall–Kier alpha value is -2.85. The summed E-state index contributed by atoms with van der Waals surface area (Å²) in [7, 11) is 0. The first-order chi connectivity index (χ1) is 13.0. The second-order valence-corrected chi connectivity index (χ2v) is 6.75. The number of carbonyl (C=O) groups excluding carboxylic acids is 2. The van der Waals surface area contributed by atoms with Gasteiger partial charge in [0.05, 0.1) is 17.9 Å². The molecule has 0 spiro atoms. The minimum Gasteiger partial charge on any atom is -0.465 e. The van der Waals surface area contributed by atoms with E-state index in [0.29, 0.717) is 16.3 Å². The molecule has 0 aliphatic carbocycles. The monoisotopic (exact) mass is 383 g/mol. The van der Waals surface area contributed by atoms with Crippen molar-refractivity contribution < 1.29 is 14.3 Å². The number of aryl methyl sites for hydroxylation is 2. The molecule has 1 aromatic heterocycles. The molecule has 140 valence electrons. The van der Waals surface area contributed by atoms with E-state index in [-0.39, 0.29) is 24.8 Å². The third-order valence-corrected chi connectivity index (χ3v) is 4.68. The molecular formula is C20H21N3O3S. The molecule has 0 radical (unpaired) electrons. The lowest BCUT2D eigenvalue weighted by molar-refractivity contribution is -0.142. The van der Waals surface area contributed by atoms with Crippen molar-refractivity contribution in [2.75, 3.05) is 23.8 Å². The van der Waals surface area contributed by atoms with Gasteiger partial charge in [0.1, 0.15) is 17.6 Å². The fourth-order valence-electron chi connectivity index (χ4n) is 2.52. The van der Waals surface area contributed by atoms with Crippen molar-refractivity contribution in [3.8, 4) is 6.07 Å². The predicted molar refractivity (Wildman–Crippen MR) is 105 cm³/mol. The van der Waals surface area contributed by atoms with Crippen LogP contribution >= 0.6 is 11.8 Å². The average molecular weight is 383 g/mol. The molecule has 0 aliphatic heterocycles. The number of thioether (sulfide) groups is 1. The first-order valence-corrected chi connectivity index (χ1v) is 9.47. The summed E-state index contributed by atoms with van der Waals surface area (Å²) in [6, 6.07) is 12.9. The van der Waals surface area contributed by atoms with E-state index in [1.807, 2.05) is 26.0 Å². The second-order valence-electron chi connectivity index (χ2n) is 5.78. The number of nitriles is 1. The van der Waals surface area contributed by atoms with E-state index in [9.17, 15) is 14.9 Å². The topological polar surface area (TPSA) is 83.3 Å². The van der Waals surface area contributed by atoms with Crippen molar-refractivity contribution in [1.29, 1.82) is 5.26 Å². The summed E-state index contributed by atoms with van der Waals surface area (Å²) >= 11 is 1.19. The van der Waals surface area contributed by atoms with Crippen LogP contribution in [0.25, 0.3) is 0 Å². The molecule has 2 rings (SSSR count). The van der Waals surface area contributed by atoms with E-state index in [1.165, 1.54) is 16.7 Å². The zero-order valence-electron chi connectivity index (χ0n) is 15.6. The van der Waals surface area contributed by atoms with Gasteiger partial charge < -0.3 is 9.64 Å². The molecule has 0 unspecified atom stereocenters. The molecule has 0 atom stereocenters. The normalized spacial score (nSPS) is 10.1. The molecule has 0 aliphatic rings. The first kappa shape index (κ1) is 20.5. The summed E-state index contributed by atoms with van der Waals surface area (Å²) in [5, 5.41) is 9.88. The highest BCUT2D eigenvalue weighted by atomic mass is 32.2. The Morgan fingerprint density at radius 2 is 1.96 bits per heavy atom. The number of pyridine rings is 1. The van der Waals surface area contributed by atoms with E-state index in [4.69, 9.17) is 4.74 Å². The Balaban J connectivity index is 2.19. The van der Waals surface area contributed by atoms with Crippen LogP contribution in [-0.4, -0.2) is 35.8 Å². The van der Waals surface area contributed by atoms with Crippen LogP contribution in [-0.2, 0) is 14.3 Å². The van der Waals surface area contributed by atoms with Crippen molar-refractivity contribution in [2.45, 2.75) is 25.8 Å². The fourth-order valence-corrected chi connectivity index (χ4v) is 3.49. The Labute approximate surface area is 163 Å². The highest BCUT2D eigenvalue weighted by Gasteiger charge is 2.21. The maximum absolute atomic E-state index is 12.8. The summed E-state index contributed by atoms with van der Waals surface area (Å²) in [5.74, 6) is -0.676. The van der Waals surface area contributed by atoms with Gasteiger partial charge in [-0.25, -0.2) is 4.98 Å². The van der Waals surface area contributed by atoms with Crippen LogP contribution in [0.4, 0.5) is 5.69 Å². The van der Waals surface area contributed by atoms with Gasteiger partial charge in [-0.2, -0.15) is 5.26 Å². The quantitative estimate of drug-likeness (QED) is 0.539. The molecule has 7 heteroatoms. The number of esters is 1. The van der Waals surface area contributed by atoms with E-state index in [1.54, 1.807) is 31.2 Å². The molecule has 2 aromatic rings. The Morgan fingerprint density at radius 3 is 2.59 bits per heavy atom. The van der Waals surface area contributed by atoms with Crippen LogP contribution < -0.4 is 4.90 Å². The minimum atomic E-state index is -0.470. The summed E-state index contributed by atoms with van der Waals surface area (Å²) in [5.41, 5.74) is 2.69. The second kappa shape index (κ2) is 9.74. The molecule has 0 N–H and O–H groups in total. The maximum atomic E-state index is 12.8. The number of hydrogen-bond acceptors (Lipinski definition) is 6. The van der Waals surface area contributed by atoms with Crippen LogP contribution in [0.2, 0.25) is 0 Å². The molecule has 1 aromatic carbocycles. The number of rotatable bonds is 7. The number of aromatic nitrogens is 1. The molecule has 0 saturated carbocycles. The van der Waals surface area contributed by atoms with Crippen molar-refractivity contribution >= 4 is 29.3 Å². The molecular weight excluding hydrogens is 362 g/mol. The van der Waals surface area contributed by atoms with Crippen LogP contribution in [0.15, 0.2) is 41.4 Å². The third kappa shape index (κ3) is 5.56. The van der Waals surface area contributed by atoms with Gasteiger partial charge in [-0.1, -0.05) is 30.0 Å². The summed E-state index contributed by atoms with van der Waals surface area (Å²) in [6.45, 7) is 5.50. The number of hydrogen-bond donors (Lipinski definition) is 0. The average Bonchev–Trinajstić information content (AvgIpc) is 2.64. The molecule has 27 heavy (non-hydrogen) atoms. The maximum Gasteiger partial charge on any atom is 0.326 e. The van der Waals surface area contributed by atoms with Crippen molar-refractivity contribution in [2.24, 2.45) is 0 Å². The number of para-hydroxylation sites is 1. The van der Waals surface area contributed by atoms with Gasteiger partial charge in [-0.15, -0.1) is 0 Å². The van der Waals surface area contributed by atoms with Gasteiger partial charge >= 0.3 is 5.97 Å². The number of nitrogens with zero attached hydrogens (tertiary/aromatic N) is 3. The molecule has 1 heterocycles. The lowest BCUT2D eigenvalue weighted by atomic mass is 10.1. The fraction of sp³-hybridized carbons (Fsp3) is 0.300. The van der Waals surface area contributed by atoms with Crippen LogP contribution in [0.3, 0.4) is 0 Å². The van der Waals surface area contributed by atoms with Gasteiger partial charge in [0, 0.05) is 11.4 Å². The van der Waals surface area contributed by atoms with Gasteiger partial charge in [0.15, 0.2) is 0 Å². The van der Waals surface area contributed by atoms with Crippen molar-refractivity contribution in [3.63, 3.8) is 0 Å². The lowest BCUT2D eigenvalue weighted by Crippen LogP contribution is -2.37. The van der Waals surface area contributed by atoms with E-state index in [2.05, 4.69) is 11.1 Å².